The summed E-state index contributed by atoms with van der Waals surface area (Å²) in [6.07, 6.45) is 0.746. The fourth-order valence-corrected chi connectivity index (χ4v) is 1.62. The normalized spacial score (nSPS) is 10.6. The van der Waals surface area contributed by atoms with Gasteiger partial charge in [0, 0.05) is 26.3 Å². The first-order chi connectivity index (χ1) is 7.91. The molecule has 1 N–H and O–H groups in total. The number of hydrogen-bond acceptors (Lipinski definition) is 3. The largest absolute Gasteiger partial charge is 0.478 e. The third-order valence-corrected chi connectivity index (χ3v) is 2.66. The van der Waals surface area contributed by atoms with E-state index in [1.54, 1.807) is 6.07 Å². The fraction of sp³-hybridized carbons (Fsp3) is 0.462. The summed E-state index contributed by atoms with van der Waals surface area (Å²) in [5.74, 6) is -0.857. The van der Waals surface area contributed by atoms with E-state index in [1.807, 2.05) is 50.1 Å². The molecule has 0 aromatic heterocycles. The molecule has 0 heterocycles. The number of benzene rings is 1. The van der Waals surface area contributed by atoms with Gasteiger partial charge in [0.15, 0.2) is 0 Å². The average Bonchev–Trinajstić information content (AvgIpc) is 2.25. The summed E-state index contributed by atoms with van der Waals surface area (Å²) in [7, 11) is 7.86. The molecule has 0 atom stereocenters. The van der Waals surface area contributed by atoms with Crippen LogP contribution in [0.1, 0.15) is 15.9 Å². The number of anilines is 1. The molecule has 0 fully saturated rings. The molecule has 0 saturated heterocycles. The van der Waals surface area contributed by atoms with Crippen LogP contribution in [-0.4, -0.2) is 50.7 Å². The van der Waals surface area contributed by atoms with Crippen molar-refractivity contribution < 1.29 is 9.90 Å². The number of aromatic carboxylic acids is 1. The van der Waals surface area contributed by atoms with Crippen molar-refractivity contribution in [1.29, 1.82) is 0 Å². The molecule has 1 rings (SSSR count). The summed E-state index contributed by atoms with van der Waals surface area (Å²) in [5.41, 5.74) is 2.32. The third kappa shape index (κ3) is 3.75. The molecule has 0 aliphatic heterocycles. The minimum absolute atomic E-state index is 0.400. The Kier molecular flexibility index (Phi) is 4.52. The van der Waals surface area contributed by atoms with E-state index in [9.17, 15) is 4.79 Å². The van der Waals surface area contributed by atoms with E-state index in [-0.39, 0.29) is 0 Å². The summed E-state index contributed by atoms with van der Waals surface area (Å²) in [5, 5.41) is 9.13. The van der Waals surface area contributed by atoms with E-state index in [1.165, 1.54) is 0 Å². The predicted octanol–water partition coefficient (Wildman–Crippen LogP) is 1.55. The topological polar surface area (TPSA) is 43.8 Å². The minimum Gasteiger partial charge on any atom is -0.478 e. The number of hydrogen-bond donors (Lipinski definition) is 1. The Balaban J connectivity index is 3.02. The van der Waals surface area contributed by atoms with Gasteiger partial charge in [-0.1, -0.05) is 0 Å². The quantitative estimate of drug-likeness (QED) is 0.842. The van der Waals surface area contributed by atoms with E-state index in [0.717, 1.165) is 24.2 Å². The molecule has 0 aliphatic carbocycles. The molecule has 0 saturated carbocycles. The Bertz CT molecular complexity index is 400. The van der Waals surface area contributed by atoms with Crippen LogP contribution >= 0.6 is 0 Å². The van der Waals surface area contributed by atoms with Crippen molar-refractivity contribution in [3.8, 4) is 0 Å². The lowest BCUT2D eigenvalue weighted by atomic mass is 10.0. The smallest absolute Gasteiger partial charge is 0.335 e. The Morgan fingerprint density at radius 1 is 1.24 bits per heavy atom. The molecule has 1 aromatic rings. The average molecular weight is 236 g/mol. The van der Waals surface area contributed by atoms with Crippen LogP contribution in [0.15, 0.2) is 18.2 Å². The summed E-state index contributed by atoms with van der Waals surface area (Å²) in [4.78, 5) is 15.1. The Morgan fingerprint density at radius 2 is 1.88 bits per heavy atom. The second-order valence-electron chi connectivity index (χ2n) is 4.59. The summed E-state index contributed by atoms with van der Waals surface area (Å²) < 4.78 is 0. The maximum absolute atomic E-state index is 11.1. The Labute approximate surface area is 102 Å². The van der Waals surface area contributed by atoms with Crippen LogP contribution in [0.5, 0.6) is 0 Å². The maximum atomic E-state index is 11.1. The van der Waals surface area contributed by atoms with Crippen molar-refractivity contribution in [3.05, 3.63) is 29.3 Å². The zero-order valence-electron chi connectivity index (χ0n) is 10.9. The van der Waals surface area contributed by atoms with Crippen LogP contribution in [-0.2, 0) is 6.42 Å². The van der Waals surface area contributed by atoms with Gasteiger partial charge >= 0.3 is 5.97 Å². The zero-order chi connectivity index (χ0) is 13.0. The van der Waals surface area contributed by atoms with Crippen molar-refractivity contribution in [2.45, 2.75) is 6.42 Å². The molecular weight excluding hydrogens is 216 g/mol. The molecule has 17 heavy (non-hydrogen) atoms. The number of carboxylic acids is 1. The van der Waals surface area contributed by atoms with Gasteiger partial charge in [0.2, 0.25) is 0 Å². The standard InChI is InChI=1S/C13H20N2O2/c1-14(2)8-7-10-9-11(15(3)4)5-6-12(10)13(16)17/h5-6,9H,7-8H2,1-4H3,(H,16,17). The van der Waals surface area contributed by atoms with Crippen molar-refractivity contribution in [3.63, 3.8) is 0 Å². The SMILES string of the molecule is CN(C)CCc1cc(N(C)C)ccc1C(=O)O. The van der Waals surface area contributed by atoms with Crippen molar-refractivity contribution in [1.82, 2.24) is 4.90 Å². The van der Waals surface area contributed by atoms with Gasteiger partial charge in [-0.25, -0.2) is 4.79 Å². The fourth-order valence-electron chi connectivity index (χ4n) is 1.62. The van der Waals surface area contributed by atoms with E-state index < -0.39 is 5.97 Å². The van der Waals surface area contributed by atoms with E-state index in [2.05, 4.69) is 0 Å². The molecule has 94 valence electrons. The number of rotatable bonds is 5. The van der Waals surface area contributed by atoms with E-state index in [0.29, 0.717) is 5.56 Å². The highest BCUT2D eigenvalue weighted by atomic mass is 16.4. The lowest BCUT2D eigenvalue weighted by Gasteiger charge is -2.16. The molecule has 0 radical (unpaired) electrons. The Hall–Kier alpha value is -1.55. The second kappa shape index (κ2) is 5.68. The number of carbonyl (C=O) groups is 1. The van der Waals surface area contributed by atoms with Crippen LogP contribution in [0.2, 0.25) is 0 Å². The van der Waals surface area contributed by atoms with Crippen molar-refractivity contribution in [2.75, 3.05) is 39.6 Å². The summed E-state index contributed by atoms with van der Waals surface area (Å²) in [6.45, 7) is 0.844. The van der Waals surface area contributed by atoms with Gasteiger partial charge in [-0.05, 0) is 44.3 Å². The van der Waals surface area contributed by atoms with Crippen molar-refractivity contribution in [2.24, 2.45) is 0 Å². The van der Waals surface area contributed by atoms with Gasteiger partial charge in [-0.3, -0.25) is 0 Å². The van der Waals surface area contributed by atoms with Crippen LogP contribution in [0.4, 0.5) is 5.69 Å². The van der Waals surface area contributed by atoms with Gasteiger partial charge in [-0.2, -0.15) is 0 Å². The maximum Gasteiger partial charge on any atom is 0.335 e. The molecule has 4 nitrogen and oxygen atoms in total. The molecule has 0 unspecified atom stereocenters. The molecule has 1 aromatic carbocycles. The highest BCUT2D eigenvalue weighted by molar-refractivity contribution is 5.90. The number of carboxylic acid groups (broad SMARTS) is 1. The summed E-state index contributed by atoms with van der Waals surface area (Å²) in [6, 6.07) is 5.47. The van der Waals surface area contributed by atoms with E-state index in [4.69, 9.17) is 5.11 Å². The Morgan fingerprint density at radius 3 is 2.35 bits per heavy atom. The van der Waals surface area contributed by atoms with Gasteiger partial charge in [-0.15, -0.1) is 0 Å². The molecule has 0 bridgehead atoms. The van der Waals surface area contributed by atoms with Gasteiger partial charge in [0.1, 0.15) is 0 Å². The predicted molar refractivity (Wildman–Crippen MR) is 70.0 cm³/mol. The van der Waals surface area contributed by atoms with Crippen LogP contribution in [0.3, 0.4) is 0 Å². The minimum atomic E-state index is -0.857. The summed E-state index contributed by atoms with van der Waals surface area (Å²) >= 11 is 0. The molecule has 0 aliphatic rings. The lowest BCUT2D eigenvalue weighted by Crippen LogP contribution is -2.17. The monoisotopic (exact) mass is 236 g/mol. The molecule has 4 heteroatoms. The number of nitrogens with zero attached hydrogens (tertiary/aromatic N) is 2. The highest BCUT2D eigenvalue weighted by Crippen LogP contribution is 2.19. The van der Waals surface area contributed by atoms with Crippen molar-refractivity contribution >= 4 is 11.7 Å². The molecular formula is C13H20N2O2. The lowest BCUT2D eigenvalue weighted by molar-refractivity contribution is 0.0695. The second-order valence-corrected chi connectivity index (χ2v) is 4.59. The van der Waals surface area contributed by atoms with Crippen LogP contribution in [0.25, 0.3) is 0 Å². The molecule has 0 spiro atoms. The third-order valence-electron chi connectivity index (χ3n) is 2.66. The highest BCUT2D eigenvalue weighted by Gasteiger charge is 2.11. The van der Waals surface area contributed by atoms with Crippen LogP contribution in [0, 0.1) is 0 Å². The first kappa shape index (κ1) is 13.5. The van der Waals surface area contributed by atoms with Gasteiger partial charge in [0.25, 0.3) is 0 Å². The molecule has 0 amide bonds. The first-order valence-corrected chi connectivity index (χ1v) is 5.60. The zero-order valence-corrected chi connectivity index (χ0v) is 10.9. The van der Waals surface area contributed by atoms with E-state index >= 15 is 0 Å². The first-order valence-electron chi connectivity index (χ1n) is 5.60. The van der Waals surface area contributed by atoms with Gasteiger partial charge < -0.3 is 14.9 Å². The van der Waals surface area contributed by atoms with Gasteiger partial charge in [0.05, 0.1) is 5.56 Å². The number of likely N-dealkylation sites (N-methyl/N-ethyl adjacent to an activating group) is 1. The van der Waals surface area contributed by atoms with Crippen LogP contribution < -0.4 is 4.90 Å².